The fourth-order valence-electron chi connectivity index (χ4n) is 3.25. The number of nitrogens with zero attached hydrogens (tertiary/aromatic N) is 2. The maximum atomic E-state index is 12.1. The Hall–Kier alpha value is -2.90. The van der Waals surface area contributed by atoms with Crippen molar-refractivity contribution < 1.29 is 9.59 Å². The molecule has 0 spiro atoms. The van der Waals surface area contributed by atoms with Crippen LogP contribution in [0, 0.1) is 0 Å². The quantitative estimate of drug-likeness (QED) is 0.527. The zero-order valence-corrected chi connectivity index (χ0v) is 18.9. The minimum Gasteiger partial charge on any atom is -0.368 e. The molecule has 1 saturated heterocycles. The highest BCUT2D eigenvalue weighted by Gasteiger charge is 2.20. The van der Waals surface area contributed by atoms with E-state index < -0.39 is 0 Å². The predicted octanol–water partition coefficient (Wildman–Crippen LogP) is 3.93. The van der Waals surface area contributed by atoms with Gasteiger partial charge in [0.05, 0.1) is 0 Å². The molecule has 0 aromatic heterocycles. The Morgan fingerprint density at radius 1 is 1.03 bits per heavy atom. The van der Waals surface area contributed by atoms with Crippen molar-refractivity contribution in [1.29, 1.82) is 0 Å². The average Bonchev–Trinajstić information content (AvgIpc) is 2.78. The standard InChI is InChI=1S/C23H25ClN4O2S/c1-2-22(30)28-15-13-27(14-16-28)20-10-8-19(9-11-20)25-23(31)26-21(29)12-5-17-3-6-18(24)7-4-17/h3-12H,2,13-16H2,1H3,(H2,25,26,29,31)/b12-5+. The van der Waals surface area contributed by atoms with E-state index in [9.17, 15) is 9.59 Å². The third-order valence-corrected chi connectivity index (χ3v) is 5.42. The lowest BCUT2D eigenvalue weighted by Crippen LogP contribution is -2.48. The molecule has 0 atom stereocenters. The molecule has 1 aliphatic heterocycles. The molecular formula is C23H25ClN4O2S. The summed E-state index contributed by atoms with van der Waals surface area (Å²) in [6, 6.07) is 15.0. The van der Waals surface area contributed by atoms with Gasteiger partial charge in [0, 0.05) is 55.1 Å². The largest absolute Gasteiger partial charge is 0.368 e. The summed E-state index contributed by atoms with van der Waals surface area (Å²) in [5.74, 6) is -0.110. The van der Waals surface area contributed by atoms with Gasteiger partial charge in [0.2, 0.25) is 11.8 Å². The lowest BCUT2D eigenvalue weighted by atomic mass is 10.2. The zero-order chi connectivity index (χ0) is 22.2. The Bertz CT molecular complexity index is 953. The molecule has 162 valence electrons. The maximum absolute atomic E-state index is 12.1. The number of thiocarbonyl (C=S) groups is 1. The number of hydrogen-bond acceptors (Lipinski definition) is 4. The monoisotopic (exact) mass is 456 g/mol. The van der Waals surface area contributed by atoms with Gasteiger partial charge in [0.15, 0.2) is 5.11 Å². The predicted molar refractivity (Wildman–Crippen MR) is 130 cm³/mol. The second-order valence-corrected chi connectivity index (χ2v) is 7.94. The van der Waals surface area contributed by atoms with Gasteiger partial charge in [-0.25, -0.2) is 0 Å². The molecule has 0 saturated carbocycles. The van der Waals surface area contributed by atoms with E-state index >= 15 is 0 Å². The van der Waals surface area contributed by atoms with Crippen LogP contribution in [-0.4, -0.2) is 48.0 Å². The smallest absolute Gasteiger partial charge is 0.250 e. The SMILES string of the molecule is CCC(=O)N1CCN(c2ccc(NC(=S)NC(=O)/C=C/c3ccc(Cl)cc3)cc2)CC1. The van der Waals surface area contributed by atoms with Crippen LogP contribution >= 0.6 is 23.8 Å². The second kappa shape index (κ2) is 10.9. The lowest BCUT2D eigenvalue weighted by Gasteiger charge is -2.36. The Labute approximate surface area is 192 Å². The van der Waals surface area contributed by atoms with E-state index in [-0.39, 0.29) is 16.9 Å². The normalized spacial score (nSPS) is 13.9. The number of halogens is 1. The van der Waals surface area contributed by atoms with Crippen molar-refractivity contribution >= 4 is 58.2 Å². The molecule has 31 heavy (non-hydrogen) atoms. The Kier molecular flexibility index (Phi) is 8.03. The topological polar surface area (TPSA) is 64.7 Å². The van der Waals surface area contributed by atoms with Crippen LogP contribution in [0.4, 0.5) is 11.4 Å². The van der Waals surface area contributed by atoms with Gasteiger partial charge in [0.25, 0.3) is 0 Å². The first kappa shape index (κ1) is 22.8. The molecule has 3 rings (SSSR count). The summed E-state index contributed by atoms with van der Waals surface area (Å²) in [4.78, 5) is 28.0. The van der Waals surface area contributed by atoms with Crippen LogP contribution in [0.25, 0.3) is 6.08 Å². The van der Waals surface area contributed by atoms with Crippen molar-refractivity contribution in [2.24, 2.45) is 0 Å². The van der Waals surface area contributed by atoms with Crippen molar-refractivity contribution in [2.45, 2.75) is 13.3 Å². The van der Waals surface area contributed by atoms with E-state index in [0.29, 0.717) is 11.4 Å². The number of carbonyl (C=O) groups is 2. The fourth-order valence-corrected chi connectivity index (χ4v) is 3.60. The summed E-state index contributed by atoms with van der Waals surface area (Å²) >= 11 is 11.1. The first-order valence-corrected chi connectivity index (χ1v) is 10.9. The van der Waals surface area contributed by atoms with Crippen LogP contribution in [0.3, 0.4) is 0 Å². The van der Waals surface area contributed by atoms with Gasteiger partial charge >= 0.3 is 0 Å². The van der Waals surface area contributed by atoms with E-state index in [4.69, 9.17) is 23.8 Å². The number of hydrogen-bond donors (Lipinski definition) is 2. The zero-order valence-electron chi connectivity index (χ0n) is 17.3. The molecule has 2 aromatic rings. The Morgan fingerprint density at radius 2 is 1.68 bits per heavy atom. The first-order valence-electron chi connectivity index (χ1n) is 10.1. The number of carbonyl (C=O) groups excluding carboxylic acids is 2. The summed E-state index contributed by atoms with van der Waals surface area (Å²) in [7, 11) is 0. The molecule has 2 aromatic carbocycles. The number of anilines is 2. The van der Waals surface area contributed by atoms with Gasteiger partial charge in [-0.1, -0.05) is 30.7 Å². The summed E-state index contributed by atoms with van der Waals surface area (Å²) in [5, 5.41) is 6.52. The number of benzene rings is 2. The van der Waals surface area contributed by atoms with Crippen LogP contribution in [0.5, 0.6) is 0 Å². The Morgan fingerprint density at radius 3 is 2.29 bits per heavy atom. The van der Waals surface area contributed by atoms with Crippen molar-refractivity contribution in [3.8, 4) is 0 Å². The van der Waals surface area contributed by atoms with Crippen molar-refractivity contribution in [1.82, 2.24) is 10.2 Å². The minimum atomic E-state index is -0.316. The summed E-state index contributed by atoms with van der Waals surface area (Å²) in [6.45, 7) is 5.00. The third-order valence-electron chi connectivity index (χ3n) is 4.96. The Balaban J connectivity index is 1.47. The van der Waals surface area contributed by atoms with E-state index in [1.54, 1.807) is 18.2 Å². The van der Waals surface area contributed by atoms with Gasteiger partial charge in [-0.05, 0) is 60.3 Å². The maximum Gasteiger partial charge on any atom is 0.250 e. The second-order valence-electron chi connectivity index (χ2n) is 7.10. The van der Waals surface area contributed by atoms with Crippen LogP contribution in [0.2, 0.25) is 5.02 Å². The fraction of sp³-hybridized carbons (Fsp3) is 0.261. The van der Waals surface area contributed by atoms with Crippen LogP contribution < -0.4 is 15.5 Å². The summed E-state index contributed by atoms with van der Waals surface area (Å²) < 4.78 is 0. The van der Waals surface area contributed by atoms with Crippen LogP contribution in [0.15, 0.2) is 54.6 Å². The molecule has 1 aliphatic rings. The molecular weight excluding hydrogens is 432 g/mol. The highest BCUT2D eigenvalue weighted by Crippen LogP contribution is 2.20. The molecule has 0 aliphatic carbocycles. The highest BCUT2D eigenvalue weighted by molar-refractivity contribution is 7.80. The summed E-state index contributed by atoms with van der Waals surface area (Å²) in [6.07, 6.45) is 3.66. The molecule has 8 heteroatoms. The van der Waals surface area contributed by atoms with Gasteiger partial charge in [-0.2, -0.15) is 0 Å². The molecule has 0 radical (unpaired) electrons. The van der Waals surface area contributed by atoms with Gasteiger partial charge < -0.3 is 15.1 Å². The van der Waals surface area contributed by atoms with E-state index in [1.807, 2.05) is 48.2 Å². The first-order chi connectivity index (χ1) is 14.9. The molecule has 0 unspecified atom stereocenters. The highest BCUT2D eigenvalue weighted by atomic mass is 35.5. The van der Waals surface area contributed by atoms with Crippen molar-refractivity contribution in [3.63, 3.8) is 0 Å². The van der Waals surface area contributed by atoms with Gasteiger partial charge in [-0.3, -0.25) is 14.9 Å². The molecule has 2 N–H and O–H groups in total. The van der Waals surface area contributed by atoms with Crippen molar-refractivity contribution in [3.05, 3.63) is 65.2 Å². The number of piperazine rings is 1. The molecule has 6 nitrogen and oxygen atoms in total. The average molecular weight is 457 g/mol. The number of nitrogens with one attached hydrogen (secondary N) is 2. The molecule has 2 amide bonds. The van der Waals surface area contributed by atoms with E-state index in [0.717, 1.165) is 43.1 Å². The van der Waals surface area contributed by atoms with Gasteiger partial charge in [-0.15, -0.1) is 0 Å². The minimum absolute atomic E-state index is 0.206. The van der Waals surface area contributed by atoms with Crippen LogP contribution in [-0.2, 0) is 9.59 Å². The third kappa shape index (κ3) is 6.80. The molecule has 1 fully saturated rings. The molecule has 1 heterocycles. The lowest BCUT2D eigenvalue weighted by molar-refractivity contribution is -0.131. The molecule has 0 bridgehead atoms. The van der Waals surface area contributed by atoms with E-state index in [2.05, 4.69) is 15.5 Å². The number of rotatable bonds is 5. The summed E-state index contributed by atoms with van der Waals surface area (Å²) in [5.41, 5.74) is 2.75. The van der Waals surface area contributed by atoms with Crippen molar-refractivity contribution in [2.75, 3.05) is 36.4 Å². The van der Waals surface area contributed by atoms with Crippen LogP contribution in [0.1, 0.15) is 18.9 Å². The van der Waals surface area contributed by atoms with Gasteiger partial charge in [0.1, 0.15) is 0 Å². The van der Waals surface area contributed by atoms with E-state index in [1.165, 1.54) is 6.08 Å². The number of amides is 2.